The van der Waals surface area contributed by atoms with Crippen molar-refractivity contribution in [1.29, 1.82) is 0 Å². The molecule has 0 spiro atoms. The first-order chi connectivity index (χ1) is 8.84. The Bertz CT molecular complexity index is 578. The van der Waals surface area contributed by atoms with Crippen molar-refractivity contribution in [3.63, 3.8) is 0 Å². The Morgan fingerprint density at radius 3 is 2.61 bits per heavy atom. The second-order valence-corrected chi connectivity index (χ2v) is 4.45. The first kappa shape index (κ1) is 11.0. The maximum atomic E-state index is 5.49. The molecule has 0 fully saturated rings. The van der Waals surface area contributed by atoms with E-state index in [1.807, 2.05) is 43.6 Å². The van der Waals surface area contributed by atoms with Crippen molar-refractivity contribution in [2.45, 2.75) is 19.4 Å². The number of nitrogens with zero attached hydrogens (tertiary/aromatic N) is 2. The first-order valence-electron chi connectivity index (χ1n) is 6.03. The molecule has 3 rings (SSSR count). The topological polar surface area (TPSA) is 34.5 Å². The van der Waals surface area contributed by atoms with Gasteiger partial charge >= 0.3 is 0 Å². The summed E-state index contributed by atoms with van der Waals surface area (Å²) in [5.74, 6) is 0. The largest absolute Gasteiger partial charge is 0.387 e. The van der Waals surface area contributed by atoms with Gasteiger partial charge in [0.2, 0.25) is 0 Å². The molecule has 0 radical (unpaired) electrons. The van der Waals surface area contributed by atoms with Crippen molar-refractivity contribution in [3.8, 4) is 11.1 Å². The Balaban J connectivity index is 2.01. The highest BCUT2D eigenvalue weighted by Gasteiger charge is 2.22. The Morgan fingerprint density at radius 2 is 1.89 bits per heavy atom. The van der Waals surface area contributed by atoms with E-state index in [4.69, 9.17) is 4.84 Å². The number of benzene rings is 1. The Morgan fingerprint density at radius 1 is 1.11 bits per heavy atom. The summed E-state index contributed by atoms with van der Waals surface area (Å²) in [5, 5.41) is 4.03. The van der Waals surface area contributed by atoms with E-state index in [1.165, 1.54) is 11.1 Å². The molecular weight excluding hydrogens is 224 g/mol. The van der Waals surface area contributed by atoms with Crippen LogP contribution in [0.4, 0.5) is 0 Å². The van der Waals surface area contributed by atoms with Gasteiger partial charge in [-0.25, -0.2) is 0 Å². The Labute approximate surface area is 106 Å². The van der Waals surface area contributed by atoms with Crippen LogP contribution in [-0.2, 0) is 4.84 Å². The minimum atomic E-state index is 0.0364. The molecule has 0 amide bonds. The molecule has 1 aromatic carbocycles. The van der Waals surface area contributed by atoms with Crippen molar-refractivity contribution < 1.29 is 4.84 Å². The predicted molar refractivity (Wildman–Crippen MR) is 71.2 cm³/mol. The zero-order chi connectivity index (χ0) is 12.4. The zero-order valence-corrected chi connectivity index (χ0v) is 10.2. The van der Waals surface area contributed by atoms with Gasteiger partial charge in [0.15, 0.2) is 6.10 Å². The fraction of sp³-hybridized carbons (Fsp3) is 0.200. The third kappa shape index (κ3) is 1.99. The number of rotatable bonds is 2. The third-order valence-corrected chi connectivity index (χ3v) is 3.12. The minimum absolute atomic E-state index is 0.0364. The number of hydrogen-bond acceptors (Lipinski definition) is 3. The summed E-state index contributed by atoms with van der Waals surface area (Å²) in [6, 6.07) is 12.3. The molecule has 1 aliphatic heterocycles. The molecule has 0 saturated carbocycles. The SMILES string of the molecule is CC1=NO[C@@H](c2ccccc2-c2ccncc2)C1. The van der Waals surface area contributed by atoms with Crippen LogP contribution in [0.25, 0.3) is 11.1 Å². The van der Waals surface area contributed by atoms with Gasteiger partial charge in [0.1, 0.15) is 0 Å². The van der Waals surface area contributed by atoms with E-state index in [0.717, 1.165) is 17.7 Å². The average molecular weight is 238 g/mol. The molecule has 2 heterocycles. The van der Waals surface area contributed by atoms with Gasteiger partial charge in [0, 0.05) is 24.4 Å². The summed E-state index contributed by atoms with van der Waals surface area (Å²) in [6.07, 6.45) is 4.52. The highest BCUT2D eigenvalue weighted by molar-refractivity contribution is 5.83. The molecule has 0 N–H and O–H groups in total. The number of aromatic nitrogens is 1. The van der Waals surface area contributed by atoms with Crippen LogP contribution in [0.3, 0.4) is 0 Å². The standard InChI is InChI=1S/C15H14N2O/c1-11-10-15(18-17-11)14-5-3-2-4-13(14)12-6-8-16-9-7-12/h2-9,15H,10H2,1H3/t15-/m1/s1. The van der Waals surface area contributed by atoms with E-state index in [-0.39, 0.29) is 6.10 Å². The maximum absolute atomic E-state index is 5.49. The van der Waals surface area contributed by atoms with Crippen LogP contribution in [0, 0.1) is 0 Å². The van der Waals surface area contributed by atoms with Crippen LogP contribution in [0.5, 0.6) is 0 Å². The molecule has 18 heavy (non-hydrogen) atoms. The smallest absolute Gasteiger partial charge is 0.158 e. The molecule has 1 atom stereocenters. The lowest BCUT2D eigenvalue weighted by Crippen LogP contribution is -2.00. The molecule has 0 unspecified atom stereocenters. The summed E-state index contributed by atoms with van der Waals surface area (Å²) in [5.41, 5.74) is 4.58. The average Bonchev–Trinajstić information content (AvgIpc) is 2.86. The molecule has 90 valence electrons. The van der Waals surface area contributed by atoms with E-state index in [9.17, 15) is 0 Å². The predicted octanol–water partition coefficient (Wildman–Crippen LogP) is 3.59. The van der Waals surface area contributed by atoms with Crippen LogP contribution >= 0.6 is 0 Å². The monoisotopic (exact) mass is 238 g/mol. The van der Waals surface area contributed by atoms with Crippen molar-refractivity contribution in [3.05, 3.63) is 54.4 Å². The molecule has 1 aromatic heterocycles. The summed E-state index contributed by atoms with van der Waals surface area (Å²) in [6.45, 7) is 2.00. The molecule has 2 aromatic rings. The lowest BCUT2D eigenvalue weighted by atomic mass is 9.95. The lowest BCUT2D eigenvalue weighted by Gasteiger charge is -2.14. The van der Waals surface area contributed by atoms with Crippen molar-refractivity contribution >= 4 is 5.71 Å². The summed E-state index contributed by atoms with van der Waals surface area (Å²) in [7, 11) is 0. The molecular formula is C15H14N2O. The molecule has 3 nitrogen and oxygen atoms in total. The Kier molecular flexibility index (Phi) is 2.81. The van der Waals surface area contributed by atoms with Crippen molar-refractivity contribution in [1.82, 2.24) is 4.98 Å². The van der Waals surface area contributed by atoms with Gasteiger partial charge in [-0.2, -0.15) is 0 Å². The van der Waals surface area contributed by atoms with Gasteiger partial charge in [-0.3, -0.25) is 4.98 Å². The minimum Gasteiger partial charge on any atom is -0.387 e. The van der Waals surface area contributed by atoms with Crippen LogP contribution < -0.4 is 0 Å². The van der Waals surface area contributed by atoms with Gasteiger partial charge < -0.3 is 4.84 Å². The summed E-state index contributed by atoms with van der Waals surface area (Å²) >= 11 is 0. The molecule has 0 aliphatic carbocycles. The van der Waals surface area contributed by atoms with Crippen LogP contribution in [0.15, 0.2) is 53.9 Å². The fourth-order valence-electron chi connectivity index (χ4n) is 2.24. The fourth-order valence-corrected chi connectivity index (χ4v) is 2.24. The van der Waals surface area contributed by atoms with E-state index in [2.05, 4.69) is 22.3 Å². The summed E-state index contributed by atoms with van der Waals surface area (Å²) < 4.78 is 0. The maximum Gasteiger partial charge on any atom is 0.158 e. The molecule has 0 bridgehead atoms. The van der Waals surface area contributed by atoms with Crippen LogP contribution in [-0.4, -0.2) is 10.7 Å². The van der Waals surface area contributed by atoms with Gasteiger partial charge in [-0.05, 0) is 30.2 Å². The van der Waals surface area contributed by atoms with Gasteiger partial charge in [-0.15, -0.1) is 0 Å². The second kappa shape index (κ2) is 4.61. The quantitative estimate of drug-likeness (QED) is 0.801. The zero-order valence-electron chi connectivity index (χ0n) is 10.2. The van der Waals surface area contributed by atoms with Gasteiger partial charge in [0.05, 0.1) is 5.71 Å². The van der Waals surface area contributed by atoms with Crippen molar-refractivity contribution in [2.75, 3.05) is 0 Å². The van der Waals surface area contributed by atoms with Crippen LogP contribution in [0.2, 0.25) is 0 Å². The van der Waals surface area contributed by atoms with E-state index < -0.39 is 0 Å². The van der Waals surface area contributed by atoms with Gasteiger partial charge in [0.25, 0.3) is 0 Å². The van der Waals surface area contributed by atoms with E-state index >= 15 is 0 Å². The Hall–Kier alpha value is -2.16. The normalized spacial score (nSPS) is 18.3. The first-order valence-corrected chi connectivity index (χ1v) is 6.03. The van der Waals surface area contributed by atoms with Crippen LogP contribution in [0.1, 0.15) is 25.0 Å². The number of hydrogen-bond donors (Lipinski definition) is 0. The van der Waals surface area contributed by atoms with Crippen molar-refractivity contribution in [2.24, 2.45) is 5.16 Å². The molecule has 3 heteroatoms. The second-order valence-electron chi connectivity index (χ2n) is 4.45. The number of oxime groups is 1. The van der Waals surface area contributed by atoms with E-state index in [0.29, 0.717) is 0 Å². The molecule has 1 aliphatic rings. The molecule has 0 saturated heterocycles. The highest BCUT2D eigenvalue weighted by atomic mass is 16.6. The lowest BCUT2D eigenvalue weighted by molar-refractivity contribution is 0.0861. The number of pyridine rings is 1. The van der Waals surface area contributed by atoms with Gasteiger partial charge in [-0.1, -0.05) is 29.4 Å². The third-order valence-electron chi connectivity index (χ3n) is 3.12. The summed E-state index contributed by atoms with van der Waals surface area (Å²) in [4.78, 5) is 9.54. The highest BCUT2D eigenvalue weighted by Crippen LogP contribution is 2.34. The van der Waals surface area contributed by atoms with E-state index in [1.54, 1.807) is 0 Å².